The second-order valence-corrected chi connectivity index (χ2v) is 6.68. The van der Waals surface area contributed by atoms with E-state index < -0.39 is 0 Å². The molecule has 1 saturated carbocycles. The Bertz CT molecular complexity index is 536. The van der Waals surface area contributed by atoms with Crippen molar-refractivity contribution in [2.45, 2.75) is 64.6 Å². The van der Waals surface area contributed by atoms with Gasteiger partial charge in [-0.25, -0.2) is 4.79 Å². The lowest BCUT2D eigenvalue weighted by atomic mass is 10.0. The number of hydrogen-bond donors (Lipinski definition) is 2. The number of amides is 2. The van der Waals surface area contributed by atoms with E-state index in [0.29, 0.717) is 6.10 Å². The van der Waals surface area contributed by atoms with Crippen LogP contribution in [0.25, 0.3) is 0 Å². The molecule has 0 bridgehead atoms. The van der Waals surface area contributed by atoms with Crippen LogP contribution in [0.4, 0.5) is 4.79 Å². The fourth-order valence-electron chi connectivity index (χ4n) is 3.34. The zero-order chi connectivity index (χ0) is 15.7. The van der Waals surface area contributed by atoms with E-state index in [1.807, 2.05) is 26.8 Å². The van der Waals surface area contributed by atoms with Crippen LogP contribution in [0.2, 0.25) is 0 Å². The van der Waals surface area contributed by atoms with E-state index >= 15 is 0 Å². The Morgan fingerprint density at radius 3 is 2.73 bits per heavy atom. The van der Waals surface area contributed by atoms with Gasteiger partial charge in [-0.15, -0.1) is 0 Å². The summed E-state index contributed by atoms with van der Waals surface area (Å²) in [5.74, 6) is 2.46. The summed E-state index contributed by atoms with van der Waals surface area (Å²) in [5.41, 5.74) is 1.04. The summed E-state index contributed by atoms with van der Waals surface area (Å²) in [4.78, 5) is 12.2. The van der Waals surface area contributed by atoms with Gasteiger partial charge in [-0.1, -0.05) is 0 Å². The number of aryl methyl sites for hydroxylation is 2. The number of hydrogen-bond acceptors (Lipinski definition) is 3. The van der Waals surface area contributed by atoms with Crippen molar-refractivity contribution in [3.8, 4) is 0 Å². The maximum Gasteiger partial charge on any atom is 0.315 e. The highest BCUT2D eigenvalue weighted by atomic mass is 16.5. The Hall–Kier alpha value is -1.49. The van der Waals surface area contributed by atoms with Crippen LogP contribution in [0.5, 0.6) is 0 Å². The lowest BCUT2D eigenvalue weighted by Gasteiger charge is -2.30. The normalized spacial score (nSPS) is 26.5. The van der Waals surface area contributed by atoms with Crippen molar-refractivity contribution in [1.29, 1.82) is 0 Å². The number of carbonyl (C=O) groups excluding carboxylic acids is 1. The van der Waals surface area contributed by atoms with Gasteiger partial charge in [0.2, 0.25) is 0 Å². The van der Waals surface area contributed by atoms with Crippen molar-refractivity contribution in [3.05, 3.63) is 23.2 Å². The van der Waals surface area contributed by atoms with Crippen molar-refractivity contribution in [3.63, 3.8) is 0 Å². The van der Waals surface area contributed by atoms with Crippen LogP contribution in [0, 0.1) is 19.8 Å². The Balaban J connectivity index is 1.50. The molecule has 0 aromatic carbocycles. The van der Waals surface area contributed by atoms with E-state index in [0.717, 1.165) is 42.5 Å². The van der Waals surface area contributed by atoms with Gasteiger partial charge in [0.15, 0.2) is 0 Å². The molecule has 3 rings (SSSR count). The number of carbonyl (C=O) groups is 1. The molecule has 2 aliphatic rings. The first-order valence-electron chi connectivity index (χ1n) is 8.28. The van der Waals surface area contributed by atoms with Crippen LogP contribution in [-0.4, -0.2) is 24.8 Å². The molecule has 1 aromatic heterocycles. The standard InChI is InChI=1S/C17H26N2O3/c1-10-8-15(12(3)22-10)11(2)18-17(20)19-14-6-7-21-16(9-14)13-4-5-13/h8,11,13-14,16H,4-7,9H2,1-3H3,(H2,18,19,20)/t11-,14+,16+/m0/s1. The van der Waals surface area contributed by atoms with Gasteiger partial charge < -0.3 is 19.8 Å². The summed E-state index contributed by atoms with van der Waals surface area (Å²) in [7, 11) is 0. The third-order valence-corrected chi connectivity index (χ3v) is 4.69. The summed E-state index contributed by atoms with van der Waals surface area (Å²) in [6.07, 6.45) is 4.74. The monoisotopic (exact) mass is 306 g/mol. The average Bonchev–Trinajstić information content (AvgIpc) is 3.24. The largest absolute Gasteiger partial charge is 0.466 e. The third kappa shape index (κ3) is 3.64. The van der Waals surface area contributed by atoms with Crippen LogP contribution < -0.4 is 10.6 Å². The SMILES string of the molecule is Cc1cc([C@H](C)NC(=O)N[C@@H]2CCO[C@@H](C3CC3)C2)c(C)o1. The smallest absolute Gasteiger partial charge is 0.315 e. The summed E-state index contributed by atoms with van der Waals surface area (Å²) >= 11 is 0. The van der Waals surface area contributed by atoms with E-state index in [1.54, 1.807) is 0 Å². The first-order chi connectivity index (χ1) is 10.5. The van der Waals surface area contributed by atoms with Crippen LogP contribution in [0.1, 0.15) is 55.7 Å². The summed E-state index contributed by atoms with van der Waals surface area (Å²) in [5, 5.41) is 6.10. The summed E-state index contributed by atoms with van der Waals surface area (Å²) in [6.45, 7) is 6.58. The molecule has 3 atom stereocenters. The molecule has 0 unspecified atom stereocenters. The molecule has 5 heteroatoms. The van der Waals surface area contributed by atoms with Crippen LogP contribution >= 0.6 is 0 Å². The fraction of sp³-hybridized carbons (Fsp3) is 0.706. The molecule has 1 aliphatic heterocycles. The molecule has 0 spiro atoms. The number of furan rings is 1. The van der Waals surface area contributed by atoms with Gasteiger partial charge in [0.1, 0.15) is 11.5 Å². The van der Waals surface area contributed by atoms with E-state index in [9.17, 15) is 4.79 Å². The van der Waals surface area contributed by atoms with Crippen molar-refractivity contribution in [2.24, 2.45) is 5.92 Å². The minimum absolute atomic E-state index is 0.0588. The van der Waals surface area contributed by atoms with Gasteiger partial charge in [0.05, 0.1) is 12.1 Å². The molecule has 2 fully saturated rings. The first kappa shape index (κ1) is 15.4. The highest BCUT2D eigenvalue weighted by Crippen LogP contribution is 2.38. The van der Waals surface area contributed by atoms with Gasteiger partial charge in [0, 0.05) is 18.2 Å². The summed E-state index contributed by atoms with van der Waals surface area (Å²) in [6, 6.07) is 2.04. The zero-order valence-electron chi connectivity index (χ0n) is 13.6. The molecule has 0 radical (unpaired) electrons. The molecule has 2 amide bonds. The molecule has 2 heterocycles. The van der Waals surface area contributed by atoms with E-state index in [1.165, 1.54) is 12.8 Å². The maximum atomic E-state index is 12.2. The molecule has 1 saturated heterocycles. The van der Waals surface area contributed by atoms with Crippen LogP contribution in [-0.2, 0) is 4.74 Å². The lowest BCUT2D eigenvalue weighted by Crippen LogP contribution is -2.47. The zero-order valence-corrected chi connectivity index (χ0v) is 13.6. The molecular formula is C17H26N2O3. The number of rotatable bonds is 4. The summed E-state index contributed by atoms with van der Waals surface area (Å²) < 4.78 is 11.3. The number of urea groups is 1. The third-order valence-electron chi connectivity index (χ3n) is 4.69. The molecule has 22 heavy (non-hydrogen) atoms. The fourth-order valence-corrected chi connectivity index (χ4v) is 3.34. The second kappa shape index (κ2) is 6.32. The minimum Gasteiger partial charge on any atom is -0.466 e. The highest BCUT2D eigenvalue weighted by molar-refractivity contribution is 5.74. The lowest BCUT2D eigenvalue weighted by molar-refractivity contribution is -0.00917. The quantitative estimate of drug-likeness (QED) is 0.898. The molecule has 1 aliphatic carbocycles. The van der Waals surface area contributed by atoms with Gasteiger partial charge in [-0.05, 0) is 58.4 Å². The van der Waals surface area contributed by atoms with Crippen molar-refractivity contribution in [2.75, 3.05) is 6.61 Å². The van der Waals surface area contributed by atoms with Crippen molar-refractivity contribution >= 4 is 6.03 Å². The Morgan fingerprint density at radius 2 is 2.09 bits per heavy atom. The average molecular weight is 306 g/mol. The Kier molecular flexibility index (Phi) is 4.43. The highest BCUT2D eigenvalue weighted by Gasteiger charge is 2.36. The second-order valence-electron chi connectivity index (χ2n) is 6.68. The number of nitrogens with one attached hydrogen (secondary N) is 2. The minimum atomic E-state index is -0.104. The predicted octanol–water partition coefficient (Wildman–Crippen LogP) is 3.21. The predicted molar refractivity (Wildman–Crippen MR) is 83.8 cm³/mol. The van der Waals surface area contributed by atoms with E-state index in [2.05, 4.69) is 10.6 Å². The van der Waals surface area contributed by atoms with Gasteiger partial charge in [0.25, 0.3) is 0 Å². The van der Waals surface area contributed by atoms with Crippen molar-refractivity contribution in [1.82, 2.24) is 10.6 Å². The number of ether oxygens (including phenoxy) is 1. The van der Waals surface area contributed by atoms with Gasteiger partial charge in [-0.3, -0.25) is 0 Å². The van der Waals surface area contributed by atoms with E-state index in [4.69, 9.17) is 9.15 Å². The Morgan fingerprint density at radius 1 is 1.32 bits per heavy atom. The molecule has 122 valence electrons. The topological polar surface area (TPSA) is 63.5 Å². The van der Waals surface area contributed by atoms with Crippen LogP contribution in [0.15, 0.2) is 10.5 Å². The molecular weight excluding hydrogens is 280 g/mol. The first-order valence-corrected chi connectivity index (χ1v) is 8.28. The maximum absolute atomic E-state index is 12.2. The molecule has 2 N–H and O–H groups in total. The molecule has 1 aromatic rings. The van der Waals surface area contributed by atoms with E-state index in [-0.39, 0.29) is 18.1 Å². The van der Waals surface area contributed by atoms with Gasteiger partial charge in [-0.2, -0.15) is 0 Å². The van der Waals surface area contributed by atoms with Crippen molar-refractivity contribution < 1.29 is 13.9 Å². The van der Waals surface area contributed by atoms with Crippen LogP contribution in [0.3, 0.4) is 0 Å². The van der Waals surface area contributed by atoms with Gasteiger partial charge >= 0.3 is 6.03 Å². The Labute approximate surface area is 131 Å². The molecule has 5 nitrogen and oxygen atoms in total.